The Morgan fingerprint density at radius 3 is 3.07 bits per heavy atom. The molecule has 5 nitrogen and oxygen atoms in total. The summed E-state index contributed by atoms with van der Waals surface area (Å²) in [5, 5.41) is 3.40. The number of aromatic nitrogens is 2. The van der Waals surface area contributed by atoms with Gasteiger partial charge in [-0.15, -0.1) is 0 Å². The third kappa shape index (κ3) is 2.64. The van der Waals surface area contributed by atoms with E-state index in [2.05, 4.69) is 20.2 Å². The average molecular weight is 208 g/mol. The minimum Gasteiger partial charge on any atom is -0.383 e. The second-order valence-corrected chi connectivity index (χ2v) is 3.60. The first-order valence-corrected chi connectivity index (χ1v) is 5.14. The van der Waals surface area contributed by atoms with Crippen LogP contribution in [0.25, 0.3) is 0 Å². The summed E-state index contributed by atoms with van der Waals surface area (Å²) in [4.78, 5) is 10.7. The molecule has 1 aromatic rings. The maximum absolute atomic E-state index is 5.14. The van der Waals surface area contributed by atoms with Crippen LogP contribution in [0.1, 0.15) is 0 Å². The molecule has 0 saturated carbocycles. The number of piperazine rings is 1. The van der Waals surface area contributed by atoms with Crippen LogP contribution in [-0.2, 0) is 4.74 Å². The summed E-state index contributed by atoms with van der Waals surface area (Å²) < 4.78 is 5.14. The largest absolute Gasteiger partial charge is 0.383 e. The molecule has 1 unspecified atom stereocenters. The van der Waals surface area contributed by atoms with Gasteiger partial charge in [0.15, 0.2) is 0 Å². The lowest BCUT2D eigenvalue weighted by Crippen LogP contribution is -2.53. The fraction of sp³-hybridized carbons (Fsp3) is 0.600. The number of rotatable bonds is 3. The van der Waals surface area contributed by atoms with Crippen molar-refractivity contribution in [3.63, 3.8) is 0 Å². The molecule has 5 heteroatoms. The van der Waals surface area contributed by atoms with Crippen LogP contribution in [0.4, 0.5) is 5.95 Å². The minimum atomic E-state index is 0.368. The number of hydrogen-bond acceptors (Lipinski definition) is 5. The predicted octanol–water partition coefficient (Wildman–Crippen LogP) is -0.0988. The van der Waals surface area contributed by atoms with Gasteiger partial charge < -0.3 is 15.0 Å². The monoisotopic (exact) mass is 208 g/mol. The molecule has 2 heterocycles. The van der Waals surface area contributed by atoms with E-state index in [4.69, 9.17) is 4.74 Å². The first kappa shape index (κ1) is 10.3. The molecular formula is C10H16N4O. The van der Waals surface area contributed by atoms with Crippen molar-refractivity contribution in [3.05, 3.63) is 18.5 Å². The number of ether oxygens (including phenoxy) is 1. The lowest BCUT2D eigenvalue weighted by Gasteiger charge is -2.33. The number of anilines is 1. The van der Waals surface area contributed by atoms with E-state index >= 15 is 0 Å². The Kier molecular flexibility index (Phi) is 3.47. The Hall–Kier alpha value is -1.20. The van der Waals surface area contributed by atoms with E-state index in [1.807, 2.05) is 6.07 Å². The van der Waals surface area contributed by atoms with Crippen LogP contribution in [-0.4, -0.2) is 49.4 Å². The first-order chi connectivity index (χ1) is 7.40. The van der Waals surface area contributed by atoms with Gasteiger partial charge in [-0.1, -0.05) is 0 Å². The molecule has 1 fully saturated rings. The number of methoxy groups -OCH3 is 1. The van der Waals surface area contributed by atoms with E-state index in [1.165, 1.54) is 0 Å². The maximum atomic E-state index is 5.14. The van der Waals surface area contributed by atoms with Crippen molar-refractivity contribution < 1.29 is 4.74 Å². The molecule has 1 aliphatic heterocycles. The van der Waals surface area contributed by atoms with Crippen molar-refractivity contribution in [2.75, 3.05) is 38.3 Å². The molecule has 1 N–H and O–H groups in total. The lowest BCUT2D eigenvalue weighted by molar-refractivity contribution is 0.163. The highest BCUT2D eigenvalue weighted by atomic mass is 16.5. The van der Waals surface area contributed by atoms with Crippen LogP contribution >= 0.6 is 0 Å². The van der Waals surface area contributed by atoms with Crippen molar-refractivity contribution in [2.45, 2.75) is 6.04 Å². The predicted molar refractivity (Wildman–Crippen MR) is 57.9 cm³/mol. The van der Waals surface area contributed by atoms with Gasteiger partial charge >= 0.3 is 0 Å². The second-order valence-electron chi connectivity index (χ2n) is 3.60. The lowest BCUT2D eigenvalue weighted by atomic mass is 10.2. The zero-order valence-corrected chi connectivity index (χ0v) is 8.89. The number of hydrogen-bond donors (Lipinski definition) is 1. The molecule has 0 amide bonds. The Morgan fingerprint density at radius 1 is 1.53 bits per heavy atom. The topological polar surface area (TPSA) is 50.3 Å². The van der Waals surface area contributed by atoms with Crippen LogP contribution in [0.3, 0.4) is 0 Å². The van der Waals surface area contributed by atoms with Gasteiger partial charge in [0.25, 0.3) is 0 Å². The molecular weight excluding hydrogens is 192 g/mol. The number of nitrogens with one attached hydrogen (secondary N) is 1. The van der Waals surface area contributed by atoms with Crippen LogP contribution in [0.15, 0.2) is 18.5 Å². The summed E-state index contributed by atoms with van der Waals surface area (Å²) in [6, 6.07) is 2.20. The Labute approximate surface area is 89.5 Å². The van der Waals surface area contributed by atoms with Crippen molar-refractivity contribution in [2.24, 2.45) is 0 Å². The number of nitrogens with zero attached hydrogens (tertiary/aromatic N) is 3. The summed E-state index contributed by atoms with van der Waals surface area (Å²) >= 11 is 0. The van der Waals surface area contributed by atoms with E-state index in [9.17, 15) is 0 Å². The summed E-state index contributed by atoms with van der Waals surface area (Å²) in [7, 11) is 1.72. The summed E-state index contributed by atoms with van der Waals surface area (Å²) in [5.74, 6) is 0.806. The first-order valence-electron chi connectivity index (χ1n) is 5.14. The summed E-state index contributed by atoms with van der Waals surface area (Å²) in [5.41, 5.74) is 0. The molecule has 1 aromatic heterocycles. The maximum Gasteiger partial charge on any atom is 0.225 e. The van der Waals surface area contributed by atoms with Crippen LogP contribution in [0.5, 0.6) is 0 Å². The highest BCUT2D eigenvalue weighted by Gasteiger charge is 2.20. The van der Waals surface area contributed by atoms with Gasteiger partial charge in [-0.25, -0.2) is 9.97 Å². The Morgan fingerprint density at radius 2 is 2.33 bits per heavy atom. The highest BCUT2D eigenvalue weighted by Crippen LogP contribution is 2.08. The normalized spacial score (nSPS) is 21.7. The van der Waals surface area contributed by atoms with Gasteiger partial charge in [0, 0.05) is 45.2 Å². The van der Waals surface area contributed by atoms with Crippen molar-refractivity contribution >= 4 is 5.95 Å². The van der Waals surface area contributed by atoms with Crippen LogP contribution in [0, 0.1) is 0 Å². The molecule has 1 aliphatic rings. The van der Waals surface area contributed by atoms with Gasteiger partial charge in [-0.3, -0.25) is 0 Å². The molecule has 82 valence electrons. The molecule has 15 heavy (non-hydrogen) atoms. The smallest absolute Gasteiger partial charge is 0.225 e. The zero-order valence-electron chi connectivity index (χ0n) is 8.89. The molecule has 1 atom stereocenters. The summed E-state index contributed by atoms with van der Waals surface area (Å²) in [6.45, 7) is 3.53. The standard InChI is InChI=1S/C10H16N4O/c1-15-8-9-7-14(6-5-11-9)10-12-3-2-4-13-10/h2-4,9,11H,5-8H2,1H3. The van der Waals surface area contributed by atoms with E-state index in [0.29, 0.717) is 6.04 Å². The third-order valence-corrected chi connectivity index (χ3v) is 2.46. The Balaban J connectivity index is 1.98. The Bertz CT molecular complexity index is 291. The highest BCUT2D eigenvalue weighted by molar-refractivity contribution is 5.29. The van der Waals surface area contributed by atoms with E-state index < -0.39 is 0 Å². The van der Waals surface area contributed by atoms with Gasteiger partial charge in [0.05, 0.1) is 6.61 Å². The molecule has 0 bridgehead atoms. The van der Waals surface area contributed by atoms with Gasteiger partial charge in [0.1, 0.15) is 0 Å². The van der Waals surface area contributed by atoms with Crippen molar-refractivity contribution in [1.82, 2.24) is 15.3 Å². The van der Waals surface area contributed by atoms with E-state index in [0.717, 1.165) is 32.2 Å². The molecule has 1 saturated heterocycles. The quantitative estimate of drug-likeness (QED) is 0.752. The molecule has 0 radical (unpaired) electrons. The second kappa shape index (κ2) is 5.04. The third-order valence-electron chi connectivity index (χ3n) is 2.46. The van der Waals surface area contributed by atoms with E-state index in [1.54, 1.807) is 19.5 Å². The summed E-state index contributed by atoms with van der Waals surface area (Å²) in [6.07, 6.45) is 3.55. The van der Waals surface area contributed by atoms with Gasteiger partial charge in [-0.05, 0) is 6.07 Å². The zero-order chi connectivity index (χ0) is 10.5. The molecule has 2 rings (SSSR count). The fourth-order valence-electron chi connectivity index (χ4n) is 1.77. The van der Waals surface area contributed by atoms with Gasteiger partial charge in [-0.2, -0.15) is 0 Å². The molecule has 0 aliphatic carbocycles. The average Bonchev–Trinajstić information content (AvgIpc) is 2.31. The van der Waals surface area contributed by atoms with Crippen molar-refractivity contribution in [3.8, 4) is 0 Å². The van der Waals surface area contributed by atoms with Gasteiger partial charge in [0.2, 0.25) is 5.95 Å². The van der Waals surface area contributed by atoms with Crippen molar-refractivity contribution in [1.29, 1.82) is 0 Å². The molecule has 0 aromatic carbocycles. The minimum absolute atomic E-state index is 0.368. The van der Waals surface area contributed by atoms with E-state index in [-0.39, 0.29) is 0 Å². The molecule has 0 spiro atoms. The SMILES string of the molecule is COCC1CN(c2ncccn2)CCN1. The fourth-order valence-corrected chi connectivity index (χ4v) is 1.77. The van der Waals surface area contributed by atoms with Crippen LogP contribution in [0.2, 0.25) is 0 Å². The van der Waals surface area contributed by atoms with Crippen LogP contribution < -0.4 is 10.2 Å².